The van der Waals surface area contributed by atoms with Crippen molar-refractivity contribution in [2.75, 3.05) is 21.1 Å². The minimum Gasteiger partial charge on any atom is -0.382 e. The van der Waals surface area contributed by atoms with Crippen LogP contribution in [0.1, 0.15) is 12.8 Å². The van der Waals surface area contributed by atoms with Crippen LogP contribution in [0.25, 0.3) is 11.1 Å². The van der Waals surface area contributed by atoms with E-state index in [0.29, 0.717) is 5.82 Å². The van der Waals surface area contributed by atoms with Gasteiger partial charge in [-0.3, -0.25) is 0 Å². The van der Waals surface area contributed by atoms with Gasteiger partial charge in [0.2, 0.25) is 0 Å². The van der Waals surface area contributed by atoms with Crippen LogP contribution in [0.15, 0.2) is 30.6 Å². The van der Waals surface area contributed by atoms with E-state index in [1.54, 1.807) is 12.4 Å². The van der Waals surface area contributed by atoms with E-state index in [4.69, 9.17) is 5.73 Å². The first-order chi connectivity index (χ1) is 9.76. The second kappa shape index (κ2) is 5.82. The molecule has 4 N–H and O–H groups in total. The highest BCUT2D eigenvalue weighted by Gasteiger charge is 2.21. The average molecular weight is 381 g/mol. The maximum atomic E-state index is 5.93. The molecule has 20 heavy (non-hydrogen) atoms. The zero-order valence-electron chi connectivity index (χ0n) is 10.9. The lowest BCUT2D eigenvalue weighted by Gasteiger charge is -2.10. The number of hydrogen-bond acceptors (Lipinski definition) is 5. The van der Waals surface area contributed by atoms with Crippen molar-refractivity contribution < 1.29 is 0 Å². The highest BCUT2D eigenvalue weighted by atomic mass is 127. The molecule has 0 atom stereocenters. The average Bonchev–Trinajstić information content (AvgIpc) is 3.31. The van der Waals surface area contributed by atoms with Crippen molar-refractivity contribution in [1.29, 1.82) is 0 Å². The van der Waals surface area contributed by atoms with Gasteiger partial charge in [-0.25, -0.2) is 9.97 Å². The summed E-state index contributed by atoms with van der Waals surface area (Å²) < 4.78 is 3.01. The highest BCUT2D eigenvalue weighted by Crippen LogP contribution is 2.31. The Kier molecular flexibility index (Phi) is 3.90. The number of aromatic nitrogens is 2. The van der Waals surface area contributed by atoms with Crippen LogP contribution in [0, 0.1) is 5.92 Å². The van der Waals surface area contributed by atoms with E-state index < -0.39 is 0 Å². The molecular weight excluding hydrogens is 365 g/mol. The largest absolute Gasteiger partial charge is 0.382 e. The standard InChI is InChI=1S/C14H16IN5/c15-20-13-6-10(3-4-17-13)11-5-12(14(16)19-8-11)18-7-9-1-2-9/h3-6,8-9,18H,1-2,7H2,(H2,16,19)(H,17,20). The van der Waals surface area contributed by atoms with Crippen LogP contribution in [0.3, 0.4) is 0 Å². The molecule has 0 saturated heterocycles. The lowest BCUT2D eigenvalue weighted by Crippen LogP contribution is -2.07. The van der Waals surface area contributed by atoms with Gasteiger partial charge in [0.15, 0.2) is 0 Å². The van der Waals surface area contributed by atoms with Crippen molar-refractivity contribution in [3.63, 3.8) is 0 Å². The first-order valence-electron chi connectivity index (χ1n) is 6.58. The first kappa shape index (κ1) is 13.4. The molecule has 0 aromatic carbocycles. The van der Waals surface area contributed by atoms with Gasteiger partial charge >= 0.3 is 0 Å². The number of rotatable bonds is 5. The molecule has 3 rings (SSSR count). The molecule has 1 fully saturated rings. The molecule has 0 aliphatic heterocycles. The van der Waals surface area contributed by atoms with E-state index in [0.717, 1.165) is 35.1 Å². The fraction of sp³-hybridized carbons (Fsp3) is 0.286. The summed E-state index contributed by atoms with van der Waals surface area (Å²) in [5.41, 5.74) is 8.95. The summed E-state index contributed by atoms with van der Waals surface area (Å²) in [6, 6.07) is 6.01. The zero-order valence-corrected chi connectivity index (χ0v) is 13.1. The third-order valence-corrected chi connectivity index (χ3v) is 3.94. The second-order valence-corrected chi connectivity index (χ2v) is 5.54. The lowest BCUT2D eigenvalue weighted by atomic mass is 10.1. The van der Waals surface area contributed by atoms with Gasteiger partial charge in [0.1, 0.15) is 11.6 Å². The van der Waals surface area contributed by atoms with Crippen LogP contribution >= 0.6 is 22.9 Å². The van der Waals surface area contributed by atoms with E-state index in [2.05, 4.69) is 47.7 Å². The normalized spacial score (nSPS) is 14.1. The Morgan fingerprint density at radius 1 is 1.25 bits per heavy atom. The van der Waals surface area contributed by atoms with Crippen molar-refractivity contribution in [3.8, 4) is 11.1 Å². The van der Waals surface area contributed by atoms with E-state index in [1.165, 1.54) is 12.8 Å². The Morgan fingerprint density at radius 3 is 2.85 bits per heavy atom. The Balaban J connectivity index is 1.86. The minimum atomic E-state index is 0.552. The number of anilines is 3. The SMILES string of the molecule is Nc1ncc(-c2ccnc(NI)c2)cc1NCC1CC1. The second-order valence-electron chi connectivity index (χ2n) is 5.01. The molecule has 0 spiro atoms. The Labute approximate surface area is 131 Å². The van der Waals surface area contributed by atoms with Crippen molar-refractivity contribution in [2.24, 2.45) is 5.92 Å². The summed E-state index contributed by atoms with van der Waals surface area (Å²) in [6.07, 6.45) is 6.21. The molecule has 1 aliphatic rings. The van der Waals surface area contributed by atoms with Gasteiger partial charge in [-0.05, 0) is 42.5 Å². The summed E-state index contributed by atoms with van der Waals surface area (Å²) in [5.74, 6) is 2.18. The molecule has 1 aliphatic carbocycles. The Hall–Kier alpha value is -1.57. The quantitative estimate of drug-likeness (QED) is 0.547. The molecule has 2 heterocycles. The first-order valence-corrected chi connectivity index (χ1v) is 7.66. The maximum absolute atomic E-state index is 5.93. The van der Waals surface area contributed by atoms with Gasteiger partial charge in [-0.1, -0.05) is 0 Å². The number of nitrogens with one attached hydrogen (secondary N) is 2. The molecule has 0 radical (unpaired) electrons. The summed E-state index contributed by atoms with van der Waals surface area (Å²) in [4.78, 5) is 8.49. The topological polar surface area (TPSA) is 75.9 Å². The minimum absolute atomic E-state index is 0.552. The Bertz CT molecular complexity index is 612. The molecule has 0 unspecified atom stereocenters. The van der Waals surface area contributed by atoms with Crippen LogP contribution in [-0.2, 0) is 0 Å². The van der Waals surface area contributed by atoms with Crippen molar-refractivity contribution >= 4 is 40.2 Å². The monoisotopic (exact) mass is 381 g/mol. The van der Waals surface area contributed by atoms with E-state index in [9.17, 15) is 0 Å². The summed E-state index contributed by atoms with van der Waals surface area (Å²) in [5, 5.41) is 3.39. The lowest BCUT2D eigenvalue weighted by molar-refractivity contribution is 0.889. The van der Waals surface area contributed by atoms with Crippen LogP contribution < -0.4 is 14.6 Å². The predicted molar refractivity (Wildman–Crippen MR) is 90.7 cm³/mol. The number of pyridine rings is 2. The van der Waals surface area contributed by atoms with Gasteiger partial charge in [0.25, 0.3) is 0 Å². The van der Waals surface area contributed by atoms with Gasteiger partial charge in [-0.15, -0.1) is 0 Å². The summed E-state index contributed by atoms with van der Waals surface area (Å²) in [6.45, 7) is 0.978. The molecule has 2 aromatic rings. The summed E-state index contributed by atoms with van der Waals surface area (Å²) >= 11 is 2.07. The highest BCUT2D eigenvalue weighted by molar-refractivity contribution is 14.1. The number of nitrogens with two attached hydrogens (primary N) is 1. The summed E-state index contributed by atoms with van der Waals surface area (Å²) in [7, 11) is 0. The number of halogens is 1. The van der Waals surface area contributed by atoms with Crippen molar-refractivity contribution in [3.05, 3.63) is 30.6 Å². The molecule has 1 saturated carbocycles. The molecule has 2 aromatic heterocycles. The van der Waals surface area contributed by atoms with E-state index in [1.807, 2.05) is 12.1 Å². The van der Waals surface area contributed by atoms with Crippen LogP contribution in [0.5, 0.6) is 0 Å². The molecular formula is C14H16IN5. The van der Waals surface area contributed by atoms with Crippen LogP contribution in [0.4, 0.5) is 17.3 Å². The van der Waals surface area contributed by atoms with Crippen LogP contribution in [-0.4, -0.2) is 16.5 Å². The third-order valence-electron chi connectivity index (χ3n) is 3.39. The number of nitrogen functional groups attached to an aromatic ring is 1. The molecule has 5 nitrogen and oxygen atoms in total. The van der Waals surface area contributed by atoms with Gasteiger partial charge < -0.3 is 14.6 Å². The predicted octanol–water partition coefficient (Wildman–Crippen LogP) is 3.31. The number of hydrogen-bond donors (Lipinski definition) is 3. The van der Waals surface area contributed by atoms with Crippen molar-refractivity contribution in [2.45, 2.75) is 12.8 Å². The zero-order chi connectivity index (χ0) is 13.9. The fourth-order valence-electron chi connectivity index (χ4n) is 2.01. The fourth-order valence-corrected chi connectivity index (χ4v) is 2.31. The third kappa shape index (κ3) is 3.12. The van der Waals surface area contributed by atoms with Gasteiger partial charge in [0, 0.05) is 24.5 Å². The number of nitrogens with zero attached hydrogens (tertiary/aromatic N) is 2. The van der Waals surface area contributed by atoms with Crippen LogP contribution in [0.2, 0.25) is 0 Å². The molecule has 0 bridgehead atoms. The van der Waals surface area contributed by atoms with Crippen molar-refractivity contribution in [1.82, 2.24) is 9.97 Å². The van der Waals surface area contributed by atoms with E-state index >= 15 is 0 Å². The molecule has 6 heteroatoms. The van der Waals surface area contributed by atoms with Gasteiger partial charge in [0.05, 0.1) is 28.6 Å². The molecule has 104 valence electrons. The maximum Gasteiger partial charge on any atom is 0.146 e. The van der Waals surface area contributed by atoms with E-state index in [-0.39, 0.29) is 0 Å². The van der Waals surface area contributed by atoms with Gasteiger partial charge in [-0.2, -0.15) is 0 Å². The molecule has 0 amide bonds. The Morgan fingerprint density at radius 2 is 2.10 bits per heavy atom. The smallest absolute Gasteiger partial charge is 0.146 e.